The van der Waals surface area contributed by atoms with Crippen molar-refractivity contribution in [3.8, 4) is 11.5 Å². The van der Waals surface area contributed by atoms with Gasteiger partial charge in [0.15, 0.2) is 5.75 Å². The molecule has 0 aliphatic carbocycles. The average molecular weight is 418 g/mol. The van der Waals surface area contributed by atoms with Crippen LogP contribution in [0.2, 0.25) is 5.02 Å². The molecule has 8 heteroatoms. The highest BCUT2D eigenvalue weighted by Gasteiger charge is 2.19. The predicted octanol–water partition coefficient (Wildman–Crippen LogP) is 4.94. The Balaban J connectivity index is 2.00. The Hall–Kier alpha value is -3.03. The molecule has 0 unspecified atom stereocenters. The Kier molecular flexibility index (Phi) is 5.58. The Labute approximate surface area is 167 Å². The van der Waals surface area contributed by atoms with Crippen LogP contribution in [0.15, 0.2) is 71.6 Å². The van der Waals surface area contributed by atoms with Crippen LogP contribution in [0.3, 0.4) is 0 Å². The van der Waals surface area contributed by atoms with Gasteiger partial charge in [-0.3, -0.25) is 4.72 Å². The van der Waals surface area contributed by atoms with Gasteiger partial charge in [-0.1, -0.05) is 35.9 Å². The summed E-state index contributed by atoms with van der Waals surface area (Å²) < 4.78 is 33.7. The number of rotatable bonds is 6. The fraction of sp³-hybridized carbons (Fsp3) is 0.0500. The summed E-state index contributed by atoms with van der Waals surface area (Å²) in [5.74, 6) is -0.822. The largest absolute Gasteiger partial charge is 0.478 e. The Morgan fingerprint density at radius 1 is 1.00 bits per heavy atom. The fourth-order valence-electron chi connectivity index (χ4n) is 2.53. The molecular formula is C20H16ClNO5S. The van der Waals surface area contributed by atoms with Gasteiger partial charge in [0.05, 0.1) is 10.6 Å². The highest BCUT2D eigenvalue weighted by molar-refractivity contribution is 7.92. The molecule has 6 nitrogen and oxygen atoms in total. The van der Waals surface area contributed by atoms with Crippen molar-refractivity contribution in [3.63, 3.8) is 0 Å². The molecule has 0 radical (unpaired) electrons. The zero-order valence-electron chi connectivity index (χ0n) is 14.7. The van der Waals surface area contributed by atoms with Crippen LogP contribution >= 0.6 is 11.6 Å². The second kappa shape index (κ2) is 7.92. The predicted molar refractivity (Wildman–Crippen MR) is 107 cm³/mol. The lowest BCUT2D eigenvalue weighted by atomic mass is 10.1. The van der Waals surface area contributed by atoms with Crippen molar-refractivity contribution < 1.29 is 23.1 Å². The van der Waals surface area contributed by atoms with Crippen molar-refractivity contribution in [2.45, 2.75) is 11.8 Å². The number of sulfonamides is 1. The SMILES string of the molecule is Cc1cccc(NS(=O)(=O)c2ccc(Cl)cc2)c1Oc1ccccc1C(=O)O. The van der Waals surface area contributed by atoms with Crippen LogP contribution in [0.4, 0.5) is 5.69 Å². The second-order valence-corrected chi connectivity index (χ2v) is 8.03. The maximum Gasteiger partial charge on any atom is 0.339 e. The molecule has 0 aromatic heterocycles. The van der Waals surface area contributed by atoms with E-state index in [1.165, 1.54) is 36.4 Å². The summed E-state index contributed by atoms with van der Waals surface area (Å²) in [5, 5.41) is 9.76. The number of nitrogens with one attached hydrogen (secondary N) is 1. The Bertz CT molecular complexity index is 1130. The van der Waals surface area contributed by atoms with E-state index in [-0.39, 0.29) is 27.6 Å². The van der Waals surface area contributed by atoms with Crippen molar-refractivity contribution in [1.82, 2.24) is 0 Å². The van der Waals surface area contributed by atoms with Gasteiger partial charge in [-0.15, -0.1) is 0 Å². The number of carbonyl (C=O) groups is 1. The van der Waals surface area contributed by atoms with Crippen molar-refractivity contribution in [1.29, 1.82) is 0 Å². The first-order valence-corrected chi connectivity index (χ1v) is 10.0. The maximum absolute atomic E-state index is 12.7. The number of hydrogen-bond acceptors (Lipinski definition) is 4. The van der Waals surface area contributed by atoms with Crippen molar-refractivity contribution in [2.24, 2.45) is 0 Å². The normalized spacial score (nSPS) is 11.1. The average Bonchev–Trinajstić information content (AvgIpc) is 2.65. The van der Waals surface area contributed by atoms with E-state index < -0.39 is 16.0 Å². The third kappa shape index (κ3) is 4.27. The highest BCUT2D eigenvalue weighted by atomic mass is 35.5. The molecule has 0 aliphatic heterocycles. The summed E-state index contributed by atoms with van der Waals surface area (Å²) in [6.07, 6.45) is 0. The molecule has 0 aliphatic rings. The first-order chi connectivity index (χ1) is 13.3. The summed E-state index contributed by atoms with van der Waals surface area (Å²) >= 11 is 5.82. The quantitative estimate of drug-likeness (QED) is 0.592. The summed E-state index contributed by atoms with van der Waals surface area (Å²) in [7, 11) is -3.89. The molecule has 0 saturated heterocycles. The number of carboxylic acid groups (broad SMARTS) is 1. The number of aryl methyl sites for hydroxylation is 1. The molecule has 2 N–H and O–H groups in total. The maximum atomic E-state index is 12.7. The minimum atomic E-state index is -3.89. The molecule has 0 fully saturated rings. The van der Waals surface area contributed by atoms with Crippen LogP contribution in [0.5, 0.6) is 11.5 Å². The summed E-state index contributed by atoms with van der Waals surface area (Å²) in [6, 6.07) is 16.8. The number of benzene rings is 3. The Morgan fingerprint density at radius 3 is 2.36 bits per heavy atom. The van der Waals surface area contributed by atoms with E-state index in [0.717, 1.165) is 0 Å². The molecule has 0 amide bonds. The lowest BCUT2D eigenvalue weighted by molar-refractivity contribution is 0.0694. The van der Waals surface area contributed by atoms with E-state index in [1.54, 1.807) is 37.3 Å². The molecule has 3 rings (SSSR count). The van der Waals surface area contributed by atoms with Gasteiger partial charge >= 0.3 is 5.97 Å². The second-order valence-electron chi connectivity index (χ2n) is 5.91. The van der Waals surface area contributed by atoms with E-state index in [0.29, 0.717) is 10.6 Å². The molecule has 28 heavy (non-hydrogen) atoms. The van der Waals surface area contributed by atoms with Crippen LogP contribution in [0, 0.1) is 6.92 Å². The number of carboxylic acids is 1. The molecule has 3 aromatic rings. The van der Waals surface area contributed by atoms with Crippen LogP contribution in [-0.2, 0) is 10.0 Å². The zero-order valence-corrected chi connectivity index (χ0v) is 16.3. The van der Waals surface area contributed by atoms with E-state index in [1.807, 2.05) is 0 Å². The topological polar surface area (TPSA) is 92.7 Å². The third-order valence-electron chi connectivity index (χ3n) is 3.91. The highest BCUT2D eigenvalue weighted by Crippen LogP contribution is 2.35. The van der Waals surface area contributed by atoms with E-state index >= 15 is 0 Å². The number of ether oxygens (including phenoxy) is 1. The van der Waals surface area contributed by atoms with Gasteiger partial charge in [-0.2, -0.15) is 0 Å². The first-order valence-electron chi connectivity index (χ1n) is 8.16. The molecule has 0 saturated carbocycles. The molecule has 0 atom stereocenters. The lowest BCUT2D eigenvalue weighted by Crippen LogP contribution is -2.14. The molecule has 3 aromatic carbocycles. The number of hydrogen-bond donors (Lipinski definition) is 2. The van der Waals surface area contributed by atoms with Crippen LogP contribution in [0.25, 0.3) is 0 Å². The minimum absolute atomic E-state index is 0.0303. The zero-order chi connectivity index (χ0) is 20.3. The van der Waals surface area contributed by atoms with E-state index in [9.17, 15) is 18.3 Å². The van der Waals surface area contributed by atoms with E-state index in [4.69, 9.17) is 16.3 Å². The minimum Gasteiger partial charge on any atom is -0.478 e. The van der Waals surface area contributed by atoms with E-state index in [2.05, 4.69) is 4.72 Å². The summed E-state index contributed by atoms with van der Waals surface area (Å²) in [6.45, 7) is 1.73. The van der Waals surface area contributed by atoms with Crippen molar-refractivity contribution in [3.05, 3.63) is 82.9 Å². The van der Waals surface area contributed by atoms with Gasteiger partial charge in [0.25, 0.3) is 10.0 Å². The summed E-state index contributed by atoms with van der Waals surface area (Å²) in [5.41, 5.74) is 0.795. The molecule has 144 valence electrons. The summed E-state index contributed by atoms with van der Waals surface area (Å²) in [4.78, 5) is 11.5. The number of para-hydroxylation sites is 2. The van der Waals surface area contributed by atoms with Gasteiger partial charge in [0.2, 0.25) is 0 Å². The third-order valence-corrected chi connectivity index (χ3v) is 5.54. The first kappa shape index (κ1) is 19.7. The monoisotopic (exact) mass is 417 g/mol. The number of aromatic carboxylic acids is 1. The van der Waals surface area contributed by atoms with Gasteiger partial charge < -0.3 is 9.84 Å². The number of halogens is 1. The van der Waals surface area contributed by atoms with Crippen molar-refractivity contribution >= 4 is 33.3 Å². The van der Waals surface area contributed by atoms with Crippen LogP contribution in [0.1, 0.15) is 15.9 Å². The fourth-order valence-corrected chi connectivity index (χ4v) is 3.72. The van der Waals surface area contributed by atoms with Gasteiger partial charge in [-0.25, -0.2) is 13.2 Å². The standard InChI is InChI=1S/C20H16ClNO5S/c1-13-5-4-7-17(22-28(25,26)15-11-9-14(21)10-12-15)19(13)27-18-8-3-2-6-16(18)20(23)24/h2-12,22H,1H3,(H,23,24). The van der Waals surface area contributed by atoms with Crippen molar-refractivity contribution in [2.75, 3.05) is 4.72 Å². The van der Waals surface area contributed by atoms with Gasteiger partial charge in [0, 0.05) is 5.02 Å². The Morgan fingerprint density at radius 2 is 1.68 bits per heavy atom. The van der Waals surface area contributed by atoms with Gasteiger partial charge in [0.1, 0.15) is 11.3 Å². The smallest absolute Gasteiger partial charge is 0.339 e. The molecule has 0 heterocycles. The lowest BCUT2D eigenvalue weighted by Gasteiger charge is -2.16. The molecular weight excluding hydrogens is 402 g/mol. The van der Waals surface area contributed by atoms with Crippen LogP contribution < -0.4 is 9.46 Å². The molecule has 0 bridgehead atoms. The molecule has 0 spiro atoms. The van der Waals surface area contributed by atoms with Gasteiger partial charge in [-0.05, 0) is 55.0 Å². The van der Waals surface area contributed by atoms with Crippen LogP contribution in [-0.4, -0.2) is 19.5 Å². The number of anilines is 1.